The van der Waals surface area contributed by atoms with Crippen LogP contribution in [0.5, 0.6) is 5.75 Å². The molecule has 0 heterocycles. The van der Waals surface area contributed by atoms with Crippen LogP contribution in [0.2, 0.25) is 12.1 Å². The Morgan fingerprint density at radius 3 is 2.00 bits per heavy atom. The number of hydrogen-bond acceptors (Lipinski definition) is 4. The predicted octanol–water partition coefficient (Wildman–Crippen LogP) is 7.39. The van der Waals surface area contributed by atoms with E-state index in [1.807, 2.05) is 0 Å². The molecule has 0 N–H and O–H groups in total. The zero-order chi connectivity index (χ0) is 20.7. The van der Waals surface area contributed by atoms with E-state index in [1.54, 1.807) is 12.1 Å². The number of hydrogen-bond donors (Lipinski definition) is 0. The Morgan fingerprint density at radius 2 is 1.46 bits per heavy atom. The Bertz CT molecular complexity index is 549. The van der Waals surface area contributed by atoms with E-state index in [4.69, 9.17) is 8.85 Å². The van der Waals surface area contributed by atoms with Crippen molar-refractivity contribution in [2.24, 2.45) is 0 Å². The summed E-state index contributed by atoms with van der Waals surface area (Å²) in [6, 6.07) is 8.10. The molecule has 0 bridgehead atoms. The van der Waals surface area contributed by atoms with Crippen LogP contribution < -0.4 is 4.43 Å². The van der Waals surface area contributed by atoms with E-state index < -0.39 is 13.5 Å². The monoisotopic (exact) mass is 409 g/mol. The maximum atomic E-state index is 11.0. The zero-order valence-electron chi connectivity index (χ0n) is 18.1. The number of nitro benzene ring substituents is 1. The van der Waals surface area contributed by atoms with E-state index in [0.29, 0.717) is 5.75 Å². The van der Waals surface area contributed by atoms with E-state index in [0.717, 1.165) is 25.1 Å². The van der Waals surface area contributed by atoms with Crippen molar-refractivity contribution in [2.75, 3.05) is 6.61 Å². The second-order valence-corrected chi connectivity index (χ2v) is 11.2. The van der Waals surface area contributed by atoms with Gasteiger partial charge in [0.2, 0.25) is 0 Å². The van der Waals surface area contributed by atoms with Crippen LogP contribution in [-0.4, -0.2) is 20.1 Å². The van der Waals surface area contributed by atoms with Crippen LogP contribution >= 0.6 is 0 Å². The molecule has 5 nitrogen and oxygen atoms in total. The minimum atomic E-state index is -2.36. The van der Waals surface area contributed by atoms with Crippen LogP contribution in [-0.2, 0) is 4.43 Å². The van der Waals surface area contributed by atoms with E-state index in [9.17, 15) is 10.1 Å². The van der Waals surface area contributed by atoms with Gasteiger partial charge in [-0.3, -0.25) is 10.1 Å². The summed E-state index contributed by atoms with van der Waals surface area (Å²) >= 11 is 0. The molecule has 0 saturated heterocycles. The molecule has 0 radical (unpaired) electrons. The molecule has 1 aromatic carbocycles. The normalized spacial score (nSPS) is 11.5. The zero-order valence-corrected chi connectivity index (χ0v) is 19.1. The predicted molar refractivity (Wildman–Crippen MR) is 118 cm³/mol. The largest absolute Gasteiger partial charge is 0.520 e. The number of nitro groups is 1. The fourth-order valence-electron chi connectivity index (χ4n) is 3.35. The van der Waals surface area contributed by atoms with E-state index in [-0.39, 0.29) is 5.69 Å². The standard InChI is InChI=1S/C22H39NO4Si/c1-4-7-8-9-10-11-12-13-14-15-19-26-28(5-2,6-3)27-22-18-16-17-21(20-22)23(24)25/h16-18,20H,4-15,19H2,1-3H3. The van der Waals surface area contributed by atoms with Gasteiger partial charge in [-0.05, 0) is 24.6 Å². The highest BCUT2D eigenvalue weighted by Gasteiger charge is 2.36. The quantitative estimate of drug-likeness (QED) is 0.116. The van der Waals surface area contributed by atoms with Gasteiger partial charge >= 0.3 is 8.56 Å². The van der Waals surface area contributed by atoms with Gasteiger partial charge in [0, 0.05) is 12.7 Å². The van der Waals surface area contributed by atoms with Crippen LogP contribution in [0.25, 0.3) is 0 Å². The maximum Gasteiger partial charge on any atom is 0.398 e. The molecule has 0 aliphatic rings. The highest BCUT2D eigenvalue weighted by molar-refractivity contribution is 6.68. The summed E-state index contributed by atoms with van der Waals surface area (Å²) in [5.41, 5.74) is 0.0577. The third-order valence-electron chi connectivity index (χ3n) is 5.27. The fraction of sp³-hybridized carbons (Fsp3) is 0.727. The molecular formula is C22H39NO4Si. The third-order valence-corrected chi connectivity index (χ3v) is 8.77. The van der Waals surface area contributed by atoms with Crippen molar-refractivity contribution in [3.63, 3.8) is 0 Å². The Balaban J connectivity index is 2.30. The first-order valence-corrected chi connectivity index (χ1v) is 13.4. The summed E-state index contributed by atoms with van der Waals surface area (Å²) < 4.78 is 12.4. The van der Waals surface area contributed by atoms with Crippen molar-refractivity contribution in [3.8, 4) is 5.75 Å². The topological polar surface area (TPSA) is 61.6 Å². The summed E-state index contributed by atoms with van der Waals surface area (Å²) in [5.74, 6) is 0.549. The number of unbranched alkanes of at least 4 members (excludes halogenated alkanes) is 9. The van der Waals surface area contributed by atoms with Crippen molar-refractivity contribution in [2.45, 2.75) is 97.1 Å². The highest BCUT2D eigenvalue weighted by Crippen LogP contribution is 2.26. The molecule has 0 saturated carbocycles. The average Bonchev–Trinajstić information content (AvgIpc) is 2.71. The Hall–Kier alpha value is -1.40. The Labute approximate surface area is 172 Å². The molecular weight excluding hydrogens is 370 g/mol. The second-order valence-electron chi connectivity index (χ2n) is 7.50. The molecule has 1 aromatic rings. The van der Waals surface area contributed by atoms with Gasteiger partial charge in [0.25, 0.3) is 5.69 Å². The van der Waals surface area contributed by atoms with Crippen LogP contribution in [0.15, 0.2) is 24.3 Å². The molecule has 0 unspecified atom stereocenters. The first kappa shape index (κ1) is 24.6. The van der Waals surface area contributed by atoms with Gasteiger partial charge in [-0.1, -0.05) is 84.6 Å². The first-order valence-electron chi connectivity index (χ1n) is 11.1. The van der Waals surface area contributed by atoms with Gasteiger partial charge in [0.1, 0.15) is 5.75 Å². The average molecular weight is 410 g/mol. The van der Waals surface area contributed by atoms with Gasteiger partial charge in [0.05, 0.1) is 11.0 Å². The van der Waals surface area contributed by atoms with Crippen molar-refractivity contribution < 1.29 is 13.8 Å². The molecule has 1 rings (SSSR count). The number of non-ortho nitro benzene ring substituents is 1. The first-order chi connectivity index (χ1) is 13.6. The van der Waals surface area contributed by atoms with Crippen LogP contribution in [0.1, 0.15) is 85.0 Å². The molecule has 160 valence electrons. The number of nitrogens with zero attached hydrogens (tertiary/aromatic N) is 1. The van der Waals surface area contributed by atoms with E-state index in [1.165, 1.54) is 69.9 Å². The summed E-state index contributed by atoms with van der Waals surface area (Å²) in [5, 5.41) is 11.0. The van der Waals surface area contributed by atoms with Crippen LogP contribution in [0, 0.1) is 10.1 Å². The lowest BCUT2D eigenvalue weighted by atomic mass is 10.1. The molecule has 0 atom stereocenters. The van der Waals surface area contributed by atoms with Gasteiger partial charge in [-0.15, -0.1) is 0 Å². The van der Waals surface area contributed by atoms with Gasteiger partial charge in [-0.2, -0.15) is 0 Å². The Morgan fingerprint density at radius 1 is 0.893 bits per heavy atom. The minimum Gasteiger partial charge on any atom is -0.520 e. The molecule has 0 fully saturated rings. The maximum absolute atomic E-state index is 11.0. The molecule has 0 aliphatic heterocycles. The highest BCUT2D eigenvalue weighted by atomic mass is 28.4. The lowest BCUT2D eigenvalue weighted by Gasteiger charge is -2.29. The lowest BCUT2D eigenvalue weighted by molar-refractivity contribution is -0.384. The molecule has 28 heavy (non-hydrogen) atoms. The van der Waals surface area contributed by atoms with Crippen LogP contribution in [0.3, 0.4) is 0 Å². The summed E-state index contributed by atoms with van der Waals surface area (Å²) in [7, 11) is -2.36. The van der Waals surface area contributed by atoms with Crippen molar-refractivity contribution in [3.05, 3.63) is 34.4 Å². The third kappa shape index (κ3) is 9.69. The molecule has 0 aromatic heterocycles. The number of rotatable bonds is 17. The number of benzene rings is 1. The second kappa shape index (κ2) is 14.6. The van der Waals surface area contributed by atoms with E-state index in [2.05, 4.69) is 20.8 Å². The smallest absolute Gasteiger partial charge is 0.398 e. The van der Waals surface area contributed by atoms with Gasteiger partial charge < -0.3 is 8.85 Å². The van der Waals surface area contributed by atoms with Gasteiger partial charge in [-0.25, -0.2) is 0 Å². The molecule has 0 amide bonds. The molecule has 0 aliphatic carbocycles. The van der Waals surface area contributed by atoms with Crippen molar-refractivity contribution in [1.29, 1.82) is 0 Å². The van der Waals surface area contributed by atoms with Crippen molar-refractivity contribution >= 4 is 14.2 Å². The fourth-order valence-corrected chi connectivity index (χ4v) is 5.68. The van der Waals surface area contributed by atoms with Crippen LogP contribution in [0.4, 0.5) is 5.69 Å². The summed E-state index contributed by atoms with van der Waals surface area (Å²) in [6.45, 7) is 7.15. The van der Waals surface area contributed by atoms with Crippen molar-refractivity contribution in [1.82, 2.24) is 0 Å². The van der Waals surface area contributed by atoms with Gasteiger partial charge in [0.15, 0.2) is 0 Å². The summed E-state index contributed by atoms with van der Waals surface area (Å²) in [4.78, 5) is 10.6. The SMILES string of the molecule is CCCCCCCCCCCCO[Si](CC)(CC)Oc1cccc([N+](=O)[O-])c1. The minimum absolute atomic E-state index is 0.0577. The molecule has 0 spiro atoms. The Kier molecular flexibility index (Phi) is 12.8. The van der Waals surface area contributed by atoms with E-state index >= 15 is 0 Å². The summed E-state index contributed by atoms with van der Waals surface area (Å²) in [6.07, 6.45) is 13.0. The molecule has 6 heteroatoms. The lowest BCUT2D eigenvalue weighted by Crippen LogP contribution is -2.44.